The van der Waals surface area contributed by atoms with E-state index >= 15 is 0 Å². The molecule has 1 saturated heterocycles. The van der Waals surface area contributed by atoms with Gasteiger partial charge in [0, 0.05) is 18.1 Å². The van der Waals surface area contributed by atoms with E-state index in [0.29, 0.717) is 12.1 Å². The Kier molecular flexibility index (Phi) is 3.03. The summed E-state index contributed by atoms with van der Waals surface area (Å²) in [7, 11) is -0.408. The van der Waals surface area contributed by atoms with E-state index in [-0.39, 0.29) is 17.0 Å². The highest BCUT2D eigenvalue weighted by Gasteiger charge is 2.51. The van der Waals surface area contributed by atoms with E-state index in [9.17, 15) is 4.79 Å². The summed E-state index contributed by atoms with van der Waals surface area (Å²) in [5, 5.41) is 0. The van der Waals surface area contributed by atoms with Crippen molar-refractivity contribution in [2.24, 2.45) is 0 Å². The van der Waals surface area contributed by atoms with Crippen molar-refractivity contribution in [2.75, 3.05) is 0 Å². The Hall–Kier alpha value is -1.20. The smallest absolute Gasteiger partial charge is 0.399 e. The van der Waals surface area contributed by atoms with Crippen LogP contribution in [0.15, 0.2) is 12.3 Å². The zero-order valence-corrected chi connectivity index (χ0v) is 12.5. The van der Waals surface area contributed by atoms with Gasteiger partial charge in [0.2, 0.25) is 0 Å². The van der Waals surface area contributed by atoms with Gasteiger partial charge in [0.1, 0.15) is 5.69 Å². The first-order chi connectivity index (χ1) is 9.30. The third kappa shape index (κ3) is 2.09. The molecule has 5 heteroatoms. The number of rotatable bonds is 1. The van der Waals surface area contributed by atoms with Crippen molar-refractivity contribution < 1.29 is 14.1 Å². The van der Waals surface area contributed by atoms with E-state index in [1.165, 1.54) is 0 Å². The first kappa shape index (κ1) is 13.8. The Bertz CT molecular complexity index is 552. The number of hydrogen-bond acceptors (Lipinski definition) is 4. The molecule has 1 fully saturated rings. The molecular formula is C15H20BNO3. The molecular weight excluding hydrogens is 253 g/mol. The summed E-state index contributed by atoms with van der Waals surface area (Å²) < 4.78 is 12.0. The fraction of sp³-hybridized carbons (Fsp3) is 0.600. The Morgan fingerprint density at radius 1 is 1.15 bits per heavy atom. The predicted octanol–water partition coefficient (Wildman–Crippen LogP) is 1.90. The van der Waals surface area contributed by atoms with Gasteiger partial charge >= 0.3 is 7.12 Å². The van der Waals surface area contributed by atoms with Gasteiger partial charge in [0.15, 0.2) is 5.78 Å². The first-order valence-corrected chi connectivity index (χ1v) is 7.18. The van der Waals surface area contributed by atoms with Crippen LogP contribution in [0.2, 0.25) is 0 Å². The lowest BCUT2D eigenvalue weighted by Crippen LogP contribution is -2.41. The van der Waals surface area contributed by atoms with Crippen LogP contribution in [-0.2, 0) is 15.7 Å². The molecule has 0 radical (unpaired) electrons. The van der Waals surface area contributed by atoms with Gasteiger partial charge in [0.05, 0.1) is 11.2 Å². The van der Waals surface area contributed by atoms with Gasteiger partial charge in [-0.2, -0.15) is 0 Å². The average molecular weight is 273 g/mol. The first-order valence-electron chi connectivity index (χ1n) is 7.18. The van der Waals surface area contributed by atoms with Crippen molar-refractivity contribution in [1.82, 2.24) is 4.98 Å². The number of carbonyl (C=O) groups is 1. The minimum Gasteiger partial charge on any atom is -0.399 e. The van der Waals surface area contributed by atoms with Crippen LogP contribution in [0.25, 0.3) is 0 Å². The molecule has 1 aliphatic heterocycles. The third-order valence-corrected chi connectivity index (χ3v) is 4.63. The van der Waals surface area contributed by atoms with Crippen LogP contribution in [0.4, 0.5) is 0 Å². The molecule has 0 amide bonds. The van der Waals surface area contributed by atoms with Crippen molar-refractivity contribution in [3.05, 3.63) is 23.5 Å². The summed E-state index contributed by atoms with van der Waals surface area (Å²) in [6.45, 7) is 8.12. The molecule has 0 saturated carbocycles. The lowest BCUT2D eigenvalue weighted by Gasteiger charge is -2.32. The second-order valence-electron chi connectivity index (χ2n) is 6.64. The Morgan fingerprint density at radius 2 is 1.80 bits per heavy atom. The minimum absolute atomic E-state index is 0.145. The zero-order valence-electron chi connectivity index (χ0n) is 12.5. The molecule has 1 aliphatic carbocycles. The van der Waals surface area contributed by atoms with Crippen LogP contribution < -0.4 is 5.46 Å². The van der Waals surface area contributed by atoms with Crippen molar-refractivity contribution in [3.8, 4) is 0 Å². The topological polar surface area (TPSA) is 48.4 Å². The number of nitrogens with zero attached hydrogens (tertiary/aromatic N) is 1. The molecule has 20 heavy (non-hydrogen) atoms. The van der Waals surface area contributed by atoms with Gasteiger partial charge in [-0.1, -0.05) is 6.07 Å². The summed E-state index contributed by atoms with van der Waals surface area (Å²) in [4.78, 5) is 16.1. The largest absolute Gasteiger partial charge is 0.496 e. The van der Waals surface area contributed by atoms with E-state index < -0.39 is 7.12 Å². The minimum atomic E-state index is -0.408. The second kappa shape index (κ2) is 4.40. The maximum absolute atomic E-state index is 11.8. The van der Waals surface area contributed by atoms with Crippen LogP contribution >= 0.6 is 0 Å². The number of carbonyl (C=O) groups excluding carboxylic acids is 1. The van der Waals surface area contributed by atoms with Gasteiger partial charge in [-0.05, 0) is 46.1 Å². The third-order valence-electron chi connectivity index (χ3n) is 4.63. The normalized spacial score (nSPS) is 23.8. The molecule has 2 aliphatic rings. The highest BCUT2D eigenvalue weighted by molar-refractivity contribution is 6.62. The van der Waals surface area contributed by atoms with Crippen molar-refractivity contribution >= 4 is 18.4 Å². The van der Waals surface area contributed by atoms with E-state index in [4.69, 9.17) is 9.31 Å². The predicted molar refractivity (Wildman–Crippen MR) is 77.2 cm³/mol. The number of aromatic nitrogens is 1. The summed E-state index contributed by atoms with van der Waals surface area (Å²) in [5.74, 6) is 0.145. The maximum atomic E-state index is 11.8. The summed E-state index contributed by atoms with van der Waals surface area (Å²) in [5.41, 5.74) is 1.83. The molecule has 1 aromatic rings. The molecule has 106 valence electrons. The Balaban J connectivity index is 1.92. The van der Waals surface area contributed by atoms with Gasteiger partial charge in [-0.25, -0.2) is 0 Å². The lowest BCUT2D eigenvalue weighted by atomic mass is 9.78. The standard InChI is InChI=1S/C15H20BNO3/c1-14(2)15(3,4)20-16(19-14)11-8-10-6-5-7-12(18)13(10)17-9-11/h8-9H,5-7H2,1-4H3. The molecule has 1 aromatic heterocycles. The molecule has 0 atom stereocenters. The van der Waals surface area contributed by atoms with Crippen LogP contribution in [0, 0.1) is 0 Å². The summed E-state index contributed by atoms with van der Waals surface area (Å²) in [6.07, 6.45) is 4.13. The van der Waals surface area contributed by atoms with Crippen molar-refractivity contribution in [3.63, 3.8) is 0 Å². The van der Waals surface area contributed by atoms with Gasteiger partial charge < -0.3 is 9.31 Å². The van der Waals surface area contributed by atoms with E-state index in [2.05, 4.69) is 4.98 Å². The maximum Gasteiger partial charge on any atom is 0.496 e. The van der Waals surface area contributed by atoms with E-state index in [1.54, 1.807) is 6.20 Å². The fourth-order valence-electron chi connectivity index (χ4n) is 2.64. The summed E-state index contributed by atoms with van der Waals surface area (Å²) >= 11 is 0. The lowest BCUT2D eigenvalue weighted by molar-refractivity contribution is 0.00578. The van der Waals surface area contributed by atoms with Crippen LogP contribution in [0.1, 0.15) is 56.6 Å². The molecule has 0 spiro atoms. The molecule has 0 unspecified atom stereocenters. The number of pyridine rings is 1. The van der Waals surface area contributed by atoms with Crippen LogP contribution in [0.5, 0.6) is 0 Å². The van der Waals surface area contributed by atoms with Crippen LogP contribution in [0.3, 0.4) is 0 Å². The highest BCUT2D eigenvalue weighted by atomic mass is 16.7. The molecule has 4 nitrogen and oxygen atoms in total. The number of hydrogen-bond donors (Lipinski definition) is 0. The number of Topliss-reactive ketones (excluding diaryl/α,β-unsaturated/α-hetero) is 1. The Morgan fingerprint density at radius 3 is 2.45 bits per heavy atom. The average Bonchev–Trinajstić information content (AvgIpc) is 2.58. The number of aryl methyl sites for hydroxylation is 1. The van der Waals surface area contributed by atoms with Crippen molar-refractivity contribution in [1.29, 1.82) is 0 Å². The molecule has 0 N–H and O–H groups in total. The van der Waals surface area contributed by atoms with E-state index in [1.807, 2.05) is 33.8 Å². The quantitative estimate of drug-likeness (QED) is 0.733. The van der Waals surface area contributed by atoms with Gasteiger partial charge in [0.25, 0.3) is 0 Å². The Labute approximate surface area is 120 Å². The zero-order chi connectivity index (χ0) is 14.5. The van der Waals surface area contributed by atoms with Crippen molar-refractivity contribution in [2.45, 2.75) is 58.2 Å². The molecule has 3 rings (SSSR count). The van der Waals surface area contributed by atoms with Gasteiger partial charge in [-0.15, -0.1) is 0 Å². The summed E-state index contributed by atoms with van der Waals surface area (Å²) in [6, 6.07) is 2.02. The van der Waals surface area contributed by atoms with Crippen LogP contribution in [-0.4, -0.2) is 29.1 Å². The monoisotopic (exact) mass is 273 g/mol. The number of fused-ring (bicyclic) bond motifs is 1. The van der Waals surface area contributed by atoms with E-state index in [0.717, 1.165) is 23.9 Å². The highest BCUT2D eigenvalue weighted by Crippen LogP contribution is 2.36. The molecule has 0 bridgehead atoms. The molecule has 2 heterocycles. The SMILES string of the molecule is CC1(C)OB(c2cnc3c(c2)CCCC3=O)OC1(C)C. The fourth-order valence-corrected chi connectivity index (χ4v) is 2.64. The van der Waals surface area contributed by atoms with Gasteiger partial charge in [-0.3, -0.25) is 9.78 Å². The number of ketones is 1. The second-order valence-corrected chi connectivity index (χ2v) is 6.64. The molecule has 0 aromatic carbocycles.